The van der Waals surface area contributed by atoms with Crippen LogP contribution in [0.4, 0.5) is 0 Å². The van der Waals surface area contributed by atoms with Gasteiger partial charge in [-0.15, -0.1) is 0 Å². The van der Waals surface area contributed by atoms with Gasteiger partial charge in [-0.3, -0.25) is 4.79 Å². The molecule has 110 valence electrons. The topological polar surface area (TPSA) is 49.3 Å². The summed E-state index contributed by atoms with van der Waals surface area (Å²) in [6, 6.07) is 8.22. The molecule has 1 unspecified atom stereocenters. The van der Waals surface area contributed by atoms with Crippen LogP contribution in [0.3, 0.4) is 0 Å². The van der Waals surface area contributed by atoms with Gasteiger partial charge in [-0.25, -0.2) is 0 Å². The van der Waals surface area contributed by atoms with Gasteiger partial charge in [0.2, 0.25) is 5.91 Å². The van der Waals surface area contributed by atoms with Gasteiger partial charge >= 0.3 is 0 Å². The maximum atomic E-state index is 11.9. The molecule has 1 aliphatic carbocycles. The number of benzene rings is 1. The molecule has 20 heavy (non-hydrogen) atoms. The fraction of sp³-hybridized carbons (Fsp3) is 0.588. The predicted octanol–water partition coefficient (Wildman–Crippen LogP) is 2.46. The average Bonchev–Trinajstić information content (AvgIpc) is 2.34. The van der Waals surface area contributed by atoms with E-state index in [4.69, 9.17) is 0 Å². The Labute approximate surface area is 121 Å². The Balaban J connectivity index is 1.92. The standard InChI is InChI=1S/C17H25NO2/c1-16(2,3)11-15(19)18-12-17(20)9-8-13-6-4-5-7-14(13)10-17/h4-7,20H,8-12H2,1-3H3,(H,18,19). The summed E-state index contributed by atoms with van der Waals surface area (Å²) in [4.78, 5) is 11.9. The van der Waals surface area contributed by atoms with E-state index in [9.17, 15) is 9.90 Å². The number of carbonyl (C=O) groups is 1. The largest absolute Gasteiger partial charge is 0.388 e. The molecule has 1 aromatic carbocycles. The molecule has 1 atom stereocenters. The molecular weight excluding hydrogens is 250 g/mol. The smallest absolute Gasteiger partial charge is 0.220 e. The molecule has 0 bridgehead atoms. The van der Waals surface area contributed by atoms with E-state index in [1.807, 2.05) is 32.9 Å². The third kappa shape index (κ3) is 4.07. The number of hydrogen-bond donors (Lipinski definition) is 2. The Hall–Kier alpha value is -1.35. The Morgan fingerprint density at radius 1 is 1.30 bits per heavy atom. The molecule has 3 nitrogen and oxygen atoms in total. The summed E-state index contributed by atoms with van der Waals surface area (Å²) in [5.41, 5.74) is 1.69. The summed E-state index contributed by atoms with van der Waals surface area (Å²) in [6.45, 7) is 6.46. The highest BCUT2D eigenvalue weighted by Gasteiger charge is 2.32. The van der Waals surface area contributed by atoms with E-state index in [0.29, 0.717) is 25.8 Å². The fourth-order valence-electron chi connectivity index (χ4n) is 2.74. The average molecular weight is 275 g/mol. The zero-order valence-corrected chi connectivity index (χ0v) is 12.7. The highest BCUT2D eigenvalue weighted by Crippen LogP contribution is 2.28. The number of amides is 1. The first-order valence-electron chi connectivity index (χ1n) is 7.33. The van der Waals surface area contributed by atoms with Crippen molar-refractivity contribution in [1.29, 1.82) is 0 Å². The number of hydrogen-bond acceptors (Lipinski definition) is 2. The highest BCUT2D eigenvalue weighted by atomic mass is 16.3. The summed E-state index contributed by atoms with van der Waals surface area (Å²) in [5, 5.41) is 13.5. The summed E-state index contributed by atoms with van der Waals surface area (Å²) in [7, 11) is 0. The van der Waals surface area contributed by atoms with Crippen LogP contribution < -0.4 is 5.32 Å². The van der Waals surface area contributed by atoms with Gasteiger partial charge in [-0.1, -0.05) is 45.0 Å². The van der Waals surface area contributed by atoms with Crippen LogP contribution >= 0.6 is 0 Å². The van der Waals surface area contributed by atoms with Crippen LogP contribution in [0.2, 0.25) is 0 Å². The Morgan fingerprint density at radius 2 is 1.95 bits per heavy atom. The lowest BCUT2D eigenvalue weighted by molar-refractivity contribution is -0.124. The van der Waals surface area contributed by atoms with Crippen molar-refractivity contribution in [2.45, 2.75) is 52.1 Å². The Kier molecular flexibility index (Phi) is 4.19. The Bertz CT molecular complexity index is 490. The minimum Gasteiger partial charge on any atom is -0.388 e. The molecule has 2 rings (SSSR count). The molecule has 0 saturated heterocycles. The van der Waals surface area contributed by atoms with Gasteiger partial charge in [-0.2, -0.15) is 0 Å². The number of fused-ring (bicyclic) bond motifs is 1. The van der Waals surface area contributed by atoms with Gasteiger partial charge in [0.1, 0.15) is 0 Å². The van der Waals surface area contributed by atoms with E-state index < -0.39 is 5.60 Å². The minimum absolute atomic E-state index is 0.0183. The first-order chi connectivity index (χ1) is 9.27. The zero-order valence-electron chi connectivity index (χ0n) is 12.7. The molecule has 0 saturated carbocycles. The van der Waals surface area contributed by atoms with E-state index in [2.05, 4.69) is 17.4 Å². The SMILES string of the molecule is CC(C)(C)CC(=O)NCC1(O)CCc2ccccc2C1. The molecule has 3 heteroatoms. The van der Waals surface area contributed by atoms with Crippen molar-refractivity contribution >= 4 is 5.91 Å². The van der Waals surface area contributed by atoms with Crippen LogP contribution in [-0.2, 0) is 17.6 Å². The molecule has 0 radical (unpaired) electrons. The molecule has 0 spiro atoms. The quantitative estimate of drug-likeness (QED) is 0.890. The lowest BCUT2D eigenvalue weighted by atomic mass is 9.80. The van der Waals surface area contributed by atoms with E-state index in [1.165, 1.54) is 11.1 Å². The van der Waals surface area contributed by atoms with E-state index in [1.54, 1.807) is 0 Å². The van der Waals surface area contributed by atoms with Crippen LogP contribution in [0.1, 0.15) is 44.7 Å². The second-order valence-corrected chi connectivity index (χ2v) is 7.18. The van der Waals surface area contributed by atoms with Crippen molar-refractivity contribution in [1.82, 2.24) is 5.32 Å². The first kappa shape index (κ1) is 15.0. The minimum atomic E-state index is -0.804. The lowest BCUT2D eigenvalue weighted by Gasteiger charge is -2.34. The van der Waals surface area contributed by atoms with Crippen LogP contribution in [-0.4, -0.2) is 23.2 Å². The van der Waals surface area contributed by atoms with Crippen LogP contribution in [0.15, 0.2) is 24.3 Å². The first-order valence-corrected chi connectivity index (χ1v) is 7.33. The van der Waals surface area contributed by atoms with Gasteiger partial charge in [0.05, 0.1) is 5.60 Å². The summed E-state index contributed by atoms with van der Waals surface area (Å²) < 4.78 is 0. The van der Waals surface area contributed by atoms with Gasteiger partial charge in [0, 0.05) is 19.4 Å². The van der Waals surface area contributed by atoms with E-state index >= 15 is 0 Å². The number of aliphatic hydroxyl groups is 1. The van der Waals surface area contributed by atoms with Crippen molar-refractivity contribution in [2.24, 2.45) is 5.41 Å². The summed E-state index contributed by atoms with van der Waals surface area (Å²) >= 11 is 0. The number of carbonyl (C=O) groups excluding carboxylic acids is 1. The van der Waals surface area contributed by atoms with Crippen molar-refractivity contribution < 1.29 is 9.90 Å². The number of nitrogens with one attached hydrogen (secondary N) is 1. The monoisotopic (exact) mass is 275 g/mol. The van der Waals surface area contributed by atoms with Crippen molar-refractivity contribution in [3.8, 4) is 0 Å². The molecule has 2 N–H and O–H groups in total. The number of rotatable bonds is 3. The van der Waals surface area contributed by atoms with E-state index in [0.717, 1.165) is 6.42 Å². The molecule has 0 aliphatic heterocycles. The van der Waals surface area contributed by atoms with Gasteiger partial charge in [0.15, 0.2) is 0 Å². The maximum absolute atomic E-state index is 11.9. The van der Waals surface area contributed by atoms with Gasteiger partial charge < -0.3 is 10.4 Å². The normalized spacial score (nSPS) is 22.2. The molecule has 0 aromatic heterocycles. The molecule has 1 aromatic rings. The van der Waals surface area contributed by atoms with Crippen LogP contribution in [0, 0.1) is 5.41 Å². The third-order valence-corrected chi connectivity index (χ3v) is 3.80. The Morgan fingerprint density at radius 3 is 2.60 bits per heavy atom. The highest BCUT2D eigenvalue weighted by molar-refractivity contribution is 5.76. The van der Waals surface area contributed by atoms with Gasteiger partial charge in [-0.05, 0) is 29.4 Å². The molecule has 0 heterocycles. The maximum Gasteiger partial charge on any atom is 0.220 e. The molecular formula is C17H25NO2. The van der Waals surface area contributed by atoms with E-state index in [-0.39, 0.29) is 11.3 Å². The van der Waals surface area contributed by atoms with Crippen LogP contribution in [0.5, 0.6) is 0 Å². The van der Waals surface area contributed by atoms with Crippen molar-refractivity contribution in [3.63, 3.8) is 0 Å². The number of aryl methyl sites for hydroxylation is 1. The lowest BCUT2D eigenvalue weighted by Crippen LogP contribution is -2.47. The molecule has 1 amide bonds. The zero-order chi connectivity index (χ0) is 14.8. The molecule has 1 aliphatic rings. The van der Waals surface area contributed by atoms with Crippen molar-refractivity contribution in [3.05, 3.63) is 35.4 Å². The third-order valence-electron chi connectivity index (χ3n) is 3.80. The van der Waals surface area contributed by atoms with Crippen LogP contribution in [0.25, 0.3) is 0 Å². The molecule has 0 fully saturated rings. The van der Waals surface area contributed by atoms with Crippen molar-refractivity contribution in [2.75, 3.05) is 6.54 Å². The fourth-order valence-corrected chi connectivity index (χ4v) is 2.74. The second kappa shape index (κ2) is 5.57. The summed E-state index contributed by atoms with van der Waals surface area (Å²) in [6.07, 6.45) is 2.69. The second-order valence-electron chi connectivity index (χ2n) is 7.18. The predicted molar refractivity (Wildman–Crippen MR) is 80.5 cm³/mol. The summed E-state index contributed by atoms with van der Waals surface area (Å²) in [5.74, 6) is 0.0183. The van der Waals surface area contributed by atoms with Gasteiger partial charge in [0.25, 0.3) is 0 Å².